The molecule has 1 aromatic rings. The number of hydrogen-bond acceptors (Lipinski definition) is 3. The Hall–Kier alpha value is -1.39. The topological polar surface area (TPSA) is 58.6 Å². The number of nitrogens with one attached hydrogen (secondary N) is 1. The molecule has 2 atom stereocenters. The van der Waals surface area contributed by atoms with E-state index in [4.69, 9.17) is 9.84 Å². The number of benzene rings is 1. The van der Waals surface area contributed by atoms with Gasteiger partial charge in [-0.3, -0.25) is 4.79 Å². The summed E-state index contributed by atoms with van der Waals surface area (Å²) < 4.78 is 5.43. The van der Waals surface area contributed by atoms with Gasteiger partial charge < -0.3 is 15.2 Å². The molecule has 0 aliphatic carbocycles. The van der Waals surface area contributed by atoms with E-state index in [1.165, 1.54) is 0 Å². The van der Waals surface area contributed by atoms with Crippen molar-refractivity contribution in [1.82, 2.24) is 5.32 Å². The molecule has 0 heterocycles. The molecular formula is C15H23NO3. The van der Waals surface area contributed by atoms with Gasteiger partial charge in [-0.15, -0.1) is 0 Å². The van der Waals surface area contributed by atoms with E-state index in [-0.39, 0.29) is 6.10 Å². The van der Waals surface area contributed by atoms with Crippen LogP contribution in [0.15, 0.2) is 24.3 Å². The molecule has 2 unspecified atom stereocenters. The Morgan fingerprint density at radius 3 is 2.47 bits per heavy atom. The van der Waals surface area contributed by atoms with E-state index in [0.29, 0.717) is 0 Å². The monoisotopic (exact) mass is 265 g/mol. The van der Waals surface area contributed by atoms with E-state index in [2.05, 4.69) is 5.32 Å². The van der Waals surface area contributed by atoms with Gasteiger partial charge >= 0.3 is 5.97 Å². The number of rotatable bonds is 8. The first kappa shape index (κ1) is 15.7. The van der Waals surface area contributed by atoms with Crippen molar-refractivity contribution < 1.29 is 14.6 Å². The molecule has 4 heteroatoms. The second-order valence-electron chi connectivity index (χ2n) is 4.70. The molecule has 0 fully saturated rings. The average molecular weight is 265 g/mol. The van der Waals surface area contributed by atoms with E-state index < -0.39 is 11.9 Å². The summed E-state index contributed by atoms with van der Waals surface area (Å²) in [6.07, 6.45) is 0.205. The normalized spacial score (nSPS) is 14.1. The summed E-state index contributed by atoms with van der Waals surface area (Å²) in [5.74, 6) is -1.25. The summed E-state index contributed by atoms with van der Waals surface area (Å²) in [6, 6.07) is 7.68. The van der Waals surface area contributed by atoms with Gasteiger partial charge in [0.2, 0.25) is 0 Å². The zero-order chi connectivity index (χ0) is 14.3. The molecular weight excluding hydrogens is 242 g/mol. The van der Waals surface area contributed by atoms with Crippen molar-refractivity contribution >= 4 is 5.97 Å². The maximum absolute atomic E-state index is 10.9. The zero-order valence-electron chi connectivity index (χ0n) is 11.8. The van der Waals surface area contributed by atoms with Crippen LogP contribution in [0.1, 0.15) is 37.8 Å². The van der Waals surface area contributed by atoms with Gasteiger partial charge in [0.05, 0.1) is 12.0 Å². The van der Waals surface area contributed by atoms with Crippen molar-refractivity contribution in [3.8, 4) is 0 Å². The zero-order valence-corrected chi connectivity index (χ0v) is 11.8. The number of carboxylic acid groups (broad SMARTS) is 1. The Morgan fingerprint density at radius 1 is 1.32 bits per heavy atom. The van der Waals surface area contributed by atoms with E-state index in [1.807, 2.05) is 38.1 Å². The summed E-state index contributed by atoms with van der Waals surface area (Å²) >= 11 is 0. The molecule has 106 valence electrons. The molecule has 1 aromatic carbocycles. The van der Waals surface area contributed by atoms with Gasteiger partial charge in [-0.05, 0) is 31.9 Å². The lowest BCUT2D eigenvalue weighted by Crippen LogP contribution is -2.26. The van der Waals surface area contributed by atoms with Crippen molar-refractivity contribution in [2.45, 2.75) is 39.3 Å². The molecule has 0 saturated carbocycles. The third-order valence-electron chi connectivity index (χ3n) is 3.06. The number of ether oxygens (including phenoxy) is 1. The summed E-state index contributed by atoms with van der Waals surface area (Å²) in [5, 5.41) is 12.2. The lowest BCUT2D eigenvalue weighted by Gasteiger charge is -2.13. The van der Waals surface area contributed by atoms with Gasteiger partial charge in [0, 0.05) is 19.7 Å². The minimum absolute atomic E-state index is 0.205. The van der Waals surface area contributed by atoms with Crippen LogP contribution in [0.3, 0.4) is 0 Å². The molecule has 0 amide bonds. The van der Waals surface area contributed by atoms with Crippen LogP contribution in [0.5, 0.6) is 0 Å². The largest absolute Gasteiger partial charge is 0.481 e. The van der Waals surface area contributed by atoms with Gasteiger partial charge in [0.1, 0.15) is 0 Å². The van der Waals surface area contributed by atoms with Crippen molar-refractivity contribution in [1.29, 1.82) is 0 Å². The van der Waals surface area contributed by atoms with Crippen LogP contribution in [-0.2, 0) is 16.1 Å². The Labute approximate surface area is 114 Å². The molecule has 0 spiro atoms. The minimum atomic E-state index is -0.795. The Bertz CT molecular complexity index is 389. The molecule has 0 aliphatic rings. The summed E-state index contributed by atoms with van der Waals surface area (Å²) in [4.78, 5) is 10.9. The smallest absolute Gasteiger partial charge is 0.310 e. The van der Waals surface area contributed by atoms with E-state index in [0.717, 1.165) is 30.8 Å². The highest BCUT2D eigenvalue weighted by atomic mass is 16.5. The van der Waals surface area contributed by atoms with Crippen LogP contribution < -0.4 is 5.32 Å². The van der Waals surface area contributed by atoms with Crippen LogP contribution in [0.25, 0.3) is 0 Å². The fourth-order valence-corrected chi connectivity index (χ4v) is 1.83. The van der Waals surface area contributed by atoms with Gasteiger partial charge in [0.25, 0.3) is 0 Å². The molecule has 1 rings (SSSR count). The molecule has 2 N–H and O–H groups in total. The minimum Gasteiger partial charge on any atom is -0.481 e. The van der Waals surface area contributed by atoms with Gasteiger partial charge in [-0.25, -0.2) is 0 Å². The van der Waals surface area contributed by atoms with Crippen molar-refractivity contribution in [2.24, 2.45) is 0 Å². The first-order valence-electron chi connectivity index (χ1n) is 6.68. The molecule has 0 saturated heterocycles. The lowest BCUT2D eigenvalue weighted by molar-refractivity contribution is -0.138. The SMILES string of the molecule is CCOC(C)CNCc1ccc(C(C)C(=O)O)cc1. The highest BCUT2D eigenvalue weighted by Gasteiger charge is 2.12. The van der Waals surface area contributed by atoms with Gasteiger partial charge in [0.15, 0.2) is 0 Å². The Morgan fingerprint density at radius 2 is 1.95 bits per heavy atom. The molecule has 0 bridgehead atoms. The first-order valence-corrected chi connectivity index (χ1v) is 6.68. The van der Waals surface area contributed by atoms with Gasteiger partial charge in [-0.2, -0.15) is 0 Å². The summed E-state index contributed by atoms with van der Waals surface area (Å²) in [7, 11) is 0. The Balaban J connectivity index is 2.42. The quantitative estimate of drug-likeness (QED) is 0.757. The second kappa shape index (κ2) is 7.92. The second-order valence-corrected chi connectivity index (χ2v) is 4.70. The highest BCUT2D eigenvalue weighted by molar-refractivity contribution is 5.75. The third-order valence-corrected chi connectivity index (χ3v) is 3.06. The summed E-state index contributed by atoms with van der Waals surface area (Å²) in [5.41, 5.74) is 1.98. The highest BCUT2D eigenvalue weighted by Crippen LogP contribution is 2.15. The first-order chi connectivity index (χ1) is 9.04. The standard InChI is InChI=1S/C15H23NO3/c1-4-19-11(2)9-16-10-13-5-7-14(8-6-13)12(3)15(17)18/h5-8,11-12,16H,4,9-10H2,1-3H3,(H,17,18). The van der Waals surface area contributed by atoms with Crippen LogP contribution in [0, 0.1) is 0 Å². The average Bonchev–Trinajstić information content (AvgIpc) is 2.39. The third kappa shape index (κ3) is 5.41. The molecule has 0 aromatic heterocycles. The number of carboxylic acids is 1. The van der Waals surface area contributed by atoms with Crippen molar-refractivity contribution in [2.75, 3.05) is 13.2 Å². The van der Waals surface area contributed by atoms with Crippen molar-refractivity contribution in [3.05, 3.63) is 35.4 Å². The van der Waals surface area contributed by atoms with Crippen LogP contribution >= 0.6 is 0 Å². The number of hydrogen-bond donors (Lipinski definition) is 2. The number of aliphatic carboxylic acids is 1. The molecule has 19 heavy (non-hydrogen) atoms. The van der Waals surface area contributed by atoms with Crippen LogP contribution in [0.2, 0.25) is 0 Å². The van der Waals surface area contributed by atoms with Crippen LogP contribution in [0.4, 0.5) is 0 Å². The molecule has 4 nitrogen and oxygen atoms in total. The Kier molecular flexibility index (Phi) is 6.53. The fourth-order valence-electron chi connectivity index (χ4n) is 1.83. The number of carbonyl (C=O) groups is 1. The predicted molar refractivity (Wildman–Crippen MR) is 75.3 cm³/mol. The van der Waals surface area contributed by atoms with Crippen molar-refractivity contribution in [3.63, 3.8) is 0 Å². The lowest BCUT2D eigenvalue weighted by atomic mass is 10.00. The van der Waals surface area contributed by atoms with Crippen LogP contribution in [-0.4, -0.2) is 30.3 Å². The van der Waals surface area contributed by atoms with E-state index in [1.54, 1.807) is 6.92 Å². The maximum Gasteiger partial charge on any atom is 0.310 e. The predicted octanol–water partition coefficient (Wildman–Crippen LogP) is 2.39. The maximum atomic E-state index is 10.9. The summed E-state index contributed by atoms with van der Waals surface area (Å²) in [6.45, 7) is 8.01. The molecule has 0 radical (unpaired) electrons. The van der Waals surface area contributed by atoms with E-state index >= 15 is 0 Å². The van der Waals surface area contributed by atoms with E-state index in [9.17, 15) is 4.79 Å². The molecule has 0 aliphatic heterocycles. The fraction of sp³-hybridized carbons (Fsp3) is 0.533. The van der Waals surface area contributed by atoms with Gasteiger partial charge in [-0.1, -0.05) is 24.3 Å².